The fourth-order valence-corrected chi connectivity index (χ4v) is 3.43. The Bertz CT molecular complexity index is 613. The van der Waals surface area contributed by atoms with Crippen LogP contribution in [0.15, 0.2) is 12.3 Å². The first-order valence-corrected chi connectivity index (χ1v) is 8.64. The van der Waals surface area contributed by atoms with Crippen molar-refractivity contribution in [3.63, 3.8) is 0 Å². The molecule has 3 N–H and O–H groups in total. The number of aromatic nitrogens is 3. The highest BCUT2D eigenvalue weighted by Crippen LogP contribution is 2.28. The zero-order chi connectivity index (χ0) is 15.4. The number of rotatable bonds is 6. The van der Waals surface area contributed by atoms with Crippen molar-refractivity contribution in [1.29, 1.82) is 0 Å². The summed E-state index contributed by atoms with van der Waals surface area (Å²) in [7, 11) is 0. The lowest BCUT2D eigenvalue weighted by Gasteiger charge is -2.22. The van der Waals surface area contributed by atoms with Crippen LogP contribution in [0.25, 0.3) is 11.0 Å². The van der Waals surface area contributed by atoms with Crippen LogP contribution in [0.5, 0.6) is 0 Å². The second-order valence-corrected chi connectivity index (χ2v) is 6.42. The van der Waals surface area contributed by atoms with Crippen molar-refractivity contribution in [2.45, 2.75) is 58.4 Å². The van der Waals surface area contributed by atoms with Crippen LogP contribution in [-0.4, -0.2) is 21.1 Å². The summed E-state index contributed by atoms with van der Waals surface area (Å²) < 4.78 is 2.32. The van der Waals surface area contributed by atoms with Crippen molar-refractivity contribution in [3.05, 3.63) is 12.3 Å². The standard InChI is InChI=1S/C17H27N5/c1-2-3-10-19-16-15-14(20-17(18)21-16)9-11-22(15)12-13-7-5-4-6-8-13/h9,11,13H,2-8,10,12H2,1H3,(H3,18,19,20,21). The van der Waals surface area contributed by atoms with Crippen LogP contribution in [-0.2, 0) is 6.54 Å². The molecule has 2 heterocycles. The second-order valence-electron chi connectivity index (χ2n) is 6.42. The van der Waals surface area contributed by atoms with Gasteiger partial charge in [0.2, 0.25) is 5.95 Å². The number of fused-ring (bicyclic) bond motifs is 1. The SMILES string of the molecule is CCCCNc1nc(N)nc2ccn(CC3CCCCC3)c12. The Kier molecular flexibility index (Phi) is 4.80. The van der Waals surface area contributed by atoms with E-state index in [2.05, 4.69) is 39.0 Å². The van der Waals surface area contributed by atoms with Gasteiger partial charge in [0.15, 0.2) is 5.82 Å². The highest BCUT2D eigenvalue weighted by Gasteiger charge is 2.17. The first-order chi connectivity index (χ1) is 10.8. The first kappa shape index (κ1) is 15.1. The maximum absolute atomic E-state index is 5.85. The van der Waals surface area contributed by atoms with Crippen molar-refractivity contribution in [2.75, 3.05) is 17.6 Å². The quantitative estimate of drug-likeness (QED) is 0.796. The predicted molar refractivity (Wildman–Crippen MR) is 91.9 cm³/mol. The van der Waals surface area contributed by atoms with E-state index in [1.165, 1.54) is 38.5 Å². The van der Waals surface area contributed by atoms with Gasteiger partial charge in [0, 0.05) is 19.3 Å². The Hall–Kier alpha value is -1.78. The highest BCUT2D eigenvalue weighted by molar-refractivity contribution is 5.87. The van der Waals surface area contributed by atoms with Gasteiger partial charge in [-0.15, -0.1) is 0 Å². The normalized spacial score (nSPS) is 16.2. The molecule has 0 spiro atoms. The van der Waals surface area contributed by atoms with E-state index in [9.17, 15) is 0 Å². The predicted octanol–water partition coefficient (Wildman–Crippen LogP) is 3.81. The maximum atomic E-state index is 5.85. The molecule has 0 aliphatic heterocycles. The summed E-state index contributed by atoms with van der Waals surface area (Å²) in [6.45, 7) is 4.19. The molecule has 1 aliphatic rings. The number of nitrogens with one attached hydrogen (secondary N) is 1. The van der Waals surface area contributed by atoms with Gasteiger partial charge >= 0.3 is 0 Å². The van der Waals surface area contributed by atoms with Gasteiger partial charge in [-0.05, 0) is 31.2 Å². The summed E-state index contributed by atoms with van der Waals surface area (Å²) in [6.07, 6.45) is 11.3. The Balaban J connectivity index is 1.86. The van der Waals surface area contributed by atoms with Crippen LogP contribution in [0, 0.1) is 5.92 Å². The monoisotopic (exact) mass is 301 g/mol. The van der Waals surface area contributed by atoms with Gasteiger partial charge in [0.05, 0.1) is 5.52 Å². The summed E-state index contributed by atoms with van der Waals surface area (Å²) in [5.74, 6) is 2.02. The molecule has 2 aromatic heterocycles. The maximum Gasteiger partial charge on any atom is 0.222 e. The zero-order valence-electron chi connectivity index (χ0n) is 13.5. The van der Waals surface area contributed by atoms with Crippen LogP contribution in [0.1, 0.15) is 51.9 Å². The van der Waals surface area contributed by atoms with Gasteiger partial charge in [-0.3, -0.25) is 0 Å². The molecular weight excluding hydrogens is 274 g/mol. The third kappa shape index (κ3) is 3.34. The third-order valence-corrected chi connectivity index (χ3v) is 4.63. The number of hydrogen-bond acceptors (Lipinski definition) is 4. The average molecular weight is 301 g/mol. The topological polar surface area (TPSA) is 68.8 Å². The number of anilines is 2. The largest absolute Gasteiger partial charge is 0.368 e. The zero-order valence-corrected chi connectivity index (χ0v) is 13.5. The summed E-state index contributed by atoms with van der Waals surface area (Å²) in [5.41, 5.74) is 7.90. The highest BCUT2D eigenvalue weighted by atomic mass is 15.1. The molecule has 0 atom stereocenters. The number of unbranched alkanes of at least 4 members (excludes halogenated alkanes) is 1. The van der Waals surface area contributed by atoms with Crippen molar-refractivity contribution in [3.8, 4) is 0 Å². The Morgan fingerprint density at radius 3 is 2.86 bits per heavy atom. The summed E-state index contributed by atoms with van der Waals surface area (Å²) in [6, 6.07) is 2.06. The van der Waals surface area contributed by atoms with Crippen LogP contribution in [0.4, 0.5) is 11.8 Å². The molecule has 3 rings (SSSR count). The molecule has 120 valence electrons. The molecule has 0 radical (unpaired) electrons. The van der Waals surface area contributed by atoms with Gasteiger partial charge < -0.3 is 15.6 Å². The van der Waals surface area contributed by atoms with Gasteiger partial charge in [0.1, 0.15) is 5.52 Å². The number of nitrogen functional groups attached to an aromatic ring is 1. The van der Waals surface area contributed by atoms with Gasteiger partial charge in [-0.2, -0.15) is 4.98 Å². The Morgan fingerprint density at radius 2 is 2.09 bits per heavy atom. The second kappa shape index (κ2) is 6.99. The lowest BCUT2D eigenvalue weighted by atomic mass is 9.89. The average Bonchev–Trinajstić information content (AvgIpc) is 2.91. The molecule has 0 amide bonds. The lowest BCUT2D eigenvalue weighted by Crippen LogP contribution is -2.15. The van der Waals surface area contributed by atoms with E-state index >= 15 is 0 Å². The minimum absolute atomic E-state index is 0.349. The molecule has 1 saturated carbocycles. The summed E-state index contributed by atoms with van der Waals surface area (Å²) in [4.78, 5) is 8.82. The van der Waals surface area contributed by atoms with E-state index < -0.39 is 0 Å². The molecule has 0 unspecified atom stereocenters. The van der Waals surface area contributed by atoms with E-state index in [4.69, 9.17) is 5.73 Å². The van der Waals surface area contributed by atoms with Crippen LogP contribution < -0.4 is 11.1 Å². The summed E-state index contributed by atoms with van der Waals surface area (Å²) >= 11 is 0. The number of nitrogens with two attached hydrogens (primary N) is 1. The lowest BCUT2D eigenvalue weighted by molar-refractivity contribution is 0.322. The molecule has 5 nitrogen and oxygen atoms in total. The Morgan fingerprint density at radius 1 is 1.27 bits per heavy atom. The molecule has 5 heteroatoms. The van der Waals surface area contributed by atoms with E-state index in [0.717, 1.165) is 42.3 Å². The van der Waals surface area contributed by atoms with Crippen LogP contribution >= 0.6 is 0 Å². The van der Waals surface area contributed by atoms with Crippen LogP contribution in [0.2, 0.25) is 0 Å². The molecule has 22 heavy (non-hydrogen) atoms. The molecule has 0 saturated heterocycles. The van der Waals surface area contributed by atoms with Gasteiger partial charge in [-0.1, -0.05) is 32.6 Å². The minimum atomic E-state index is 0.349. The van der Waals surface area contributed by atoms with E-state index in [1.807, 2.05) is 0 Å². The molecule has 0 aromatic carbocycles. The fourth-order valence-electron chi connectivity index (χ4n) is 3.43. The number of hydrogen-bond donors (Lipinski definition) is 2. The molecule has 2 aromatic rings. The molecule has 1 fully saturated rings. The van der Waals surface area contributed by atoms with Crippen molar-refractivity contribution in [2.24, 2.45) is 5.92 Å². The molecule has 1 aliphatic carbocycles. The minimum Gasteiger partial charge on any atom is -0.368 e. The van der Waals surface area contributed by atoms with Gasteiger partial charge in [-0.25, -0.2) is 4.98 Å². The van der Waals surface area contributed by atoms with Crippen molar-refractivity contribution >= 4 is 22.8 Å². The van der Waals surface area contributed by atoms with Gasteiger partial charge in [0.25, 0.3) is 0 Å². The first-order valence-electron chi connectivity index (χ1n) is 8.64. The third-order valence-electron chi connectivity index (χ3n) is 4.63. The Labute approximate surface area is 132 Å². The fraction of sp³-hybridized carbons (Fsp3) is 0.647. The van der Waals surface area contributed by atoms with E-state index in [-0.39, 0.29) is 0 Å². The number of nitrogens with zero attached hydrogens (tertiary/aromatic N) is 3. The smallest absolute Gasteiger partial charge is 0.222 e. The summed E-state index contributed by atoms with van der Waals surface area (Å²) in [5, 5.41) is 3.44. The van der Waals surface area contributed by atoms with Crippen LogP contribution in [0.3, 0.4) is 0 Å². The van der Waals surface area contributed by atoms with E-state index in [1.54, 1.807) is 0 Å². The molecule has 0 bridgehead atoms. The van der Waals surface area contributed by atoms with Crippen molar-refractivity contribution < 1.29 is 0 Å². The van der Waals surface area contributed by atoms with E-state index in [0.29, 0.717) is 5.95 Å². The van der Waals surface area contributed by atoms with Crippen molar-refractivity contribution in [1.82, 2.24) is 14.5 Å². The molecular formula is C17H27N5.